The van der Waals surface area contributed by atoms with Crippen LogP contribution in [0, 0.1) is 0 Å². The maximum atomic E-state index is 4.76. The van der Waals surface area contributed by atoms with E-state index >= 15 is 0 Å². The largest absolute Gasteiger partial charge is 0.265 e. The normalized spacial score (nSPS) is 13.3. The number of pyridine rings is 1. The summed E-state index contributed by atoms with van der Waals surface area (Å²) in [6, 6.07) is 133. The van der Waals surface area contributed by atoms with Gasteiger partial charge in [0, 0.05) is 64.6 Å². The summed E-state index contributed by atoms with van der Waals surface area (Å²) in [6.45, 7) is 14.1. The van der Waals surface area contributed by atoms with Crippen LogP contribution in [0.4, 0.5) is 0 Å². The highest BCUT2D eigenvalue weighted by Crippen LogP contribution is 2.56. The number of nitrogens with zero attached hydrogens (tertiary/aromatic N) is 5. The Balaban J connectivity index is 0.000000110. The number of rotatable bonds is 9. The molecule has 0 spiro atoms. The molecule has 3 aliphatic carbocycles. The van der Waals surface area contributed by atoms with Gasteiger partial charge in [-0.1, -0.05) is 351 Å². The van der Waals surface area contributed by atoms with E-state index < -0.39 is 0 Å². The molecule has 0 saturated heterocycles. The maximum Gasteiger partial charge on any atom is 0.160 e. The molecule has 21 aromatic rings. The Morgan fingerprint density at radius 2 is 0.472 bits per heavy atom. The maximum absolute atomic E-state index is 4.76. The molecule has 582 valence electrons. The molecule has 0 aliphatic heterocycles. The molecule has 0 fully saturated rings. The van der Waals surface area contributed by atoms with E-state index in [2.05, 4.69) is 409 Å². The van der Waals surface area contributed by atoms with Gasteiger partial charge in [-0.15, -0.1) is 0 Å². The molecule has 0 atom stereocenters. The number of benzene rings is 18. The Morgan fingerprint density at radius 1 is 0.171 bits per heavy atom. The Kier molecular flexibility index (Phi) is 17.9. The van der Waals surface area contributed by atoms with Gasteiger partial charge in [-0.05, 0) is 264 Å². The van der Waals surface area contributed by atoms with E-state index in [1.54, 1.807) is 12.4 Å². The van der Waals surface area contributed by atoms with Crippen molar-refractivity contribution in [1.29, 1.82) is 0 Å². The number of hydrogen-bond acceptors (Lipinski definition) is 5. The van der Waals surface area contributed by atoms with Crippen LogP contribution in [0.2, 0.25) is 0 Å². The summed E-state index contributed by atoms with van der Waals surface area (Å²) in [5.74, 6) is 0.748. The lowest BCUT2D eigenvalue weighted by Crippen LogP contribution is -2.14. The summed E-state index contributed by atoms with van der Waals surface area (Å²) in [5.41, 5.74) is 36.6. The first-order chi connectivity index (χ1) is 60.3. The summed E-state index contributed by atoms with van der Waals surface area (Å²) >= 11 is 0. The van der Waals surface area contributed by atoms with Crippen LogP contribution in [0.3, 0.4) is 0 Å². The lowest BCUT2D eigenvalue weighted by molar-refractivity contribution is 0.660. The highest BCUT2D eigenvalue weighted by Gasteiger charge is 2.39. The smallest absolute Gasteiger partial charge is 0.160 e. The van der Waals surface area contributed by atoms with Gasteiger partial charge in [-0.25, -0.2) is 9.97 Å². The summed E-state index contributed by atoms with van der Waals surface area (Å²) < 4.78 is 0. The second kappa shape index (κ2) is 29.7. The number of hydrogen-bond donors (Lipinski definition) is 0. The Labute approximate surface area is 717 Å². The Bertz CT molecular complexity index is 7060. The Hall–Kier alpha value is -15.2. The molecule has 3 aliphatic rings. The molecular weight excluding hydrogens is 1490 g/mol. The molecule has 0 radical (unpaired) electrons. The summed E-state index contributed by atoms with van der Waals surface area (Å²) in [7, 11) is 0. The minimum atomic E-state index is -0.0689. The Morgan fingerprint density at radius 3 is 0.846 bits per heavy atom. The third kappa shape index (κ3) is 12.3. The van der Waals surface area contributed by atoms with E-state index in [4.69, 9.17) is 15.0 Å². The van der Waals surface area contributed by atoms with Gasteiger partial charge in [0.25, 0.3) is 0 Å². The van der Waals surface area contributed by atoms with E-state index in [9.17, 15) is 0 Å². The van der Waals surface area contributed by atoms with Crippen molar-refractivity contribution < 1.29 is 0 Å². The standard InChI is InChI=1S/C40H29N.2C39H28N2/c1-40(2)36-15-9-8-12-30(36)31-18-17-29(25-37(31)40)39-33-14-7-6-13-32(33)38(27-20-22-41-23-21-27)34-19-16-28(24-35(34)39)26-10-4-3-5-11-26;1-39(2)34-16-9-8-13-28(34)29-19-18-27(24-35(29)39)36-30-14-6-7-15-31(30)37(38-40-21-10-22-41-38)32-20-17-26(23-33(32)36)25-11-4-3-5-12-25;1-39(2)34-15-9-8-12-28(34)29-18-17-27(23-35(29)39)37-30-13-6-7-14-31(30)38(36-24-40-20-21-41-36)32-19-16-26(22-33(32)37)25-10-4-3-5-11-25/h3-25H,1-2H3;2*3-24H,1-2H3. The average molecular weight is 1570 g/mol. The van der Waals surface area contributed by atoms with Gasteiger partial charge in [-0.2, -0.15) is 0 Å². The third-order valence-electron chi connectivity index (χ3n) is 26.6. The van der Waals surface area contributed by atoms with Crippen LogP contribution in [-0.4, -0.2) is 24.9 Å². The van der Waals surface area contributed by atoms with Crippen LogP contribution in [0.25, 0.3) is 199 Å². The van der Waals surface area contributed by atoms with E-state index in [0.29, 0.717) is 0 Å². The molecule has 18 aromatic carbocycles. The molecule has 3 aromatic heterocycles. The molecule has 0 bridgehead atoms. The third-order valence-corrected chi connectivity index (χ3v) is 26.6. The molecule has 24 rings (SSSR count). The van der Waals surface area contributed by atoms with Crippen molar-refractivity contribution in [2.24, 2.45) is 0 Å². The zero-order valence-electron chi connectivity index (χ0n) is 69.4. The van der Waals surface area contributed by atoms with Crippen LogP contribution in [-0.2, 0) is 16.2 Å². The first-order valence-corrected chi connectivity index (χ1v) is 42.6. The minimum Gasteiger partial charge on any atom is -0.265 e. The quantitative estimate of drug-likeness (QED) is 0.135. The zero-order valence-corrected chi connectivity index (χ0v) is 69.4. The van der Waals surface area contributed by atoms with Gasteiger partial charge in [0.15, 0.2) is 5.82 Å². The van der Waals surface area contributed by atoms with Gasteiger partial charge in [-0.3, -0.25) is 15.0 Å². The lowest BCUT2D eigenvalue weighted by Gasteiger charge is -2.23. The van der Waals surface area contributed by atoms with E-state index in [-0.39, 0.29) is 16.2 Å². The second-order valence-electron chi connectivity index (χ2n) is 34.5. The average Bonchev–Trinajstić information content (AvgIpc) is 1.52. The monoisotopic (exact) mass is 1570 g/mol. The van der Waals surface area contributed by atoms with Gasteiger partial charge in [0.1, 0.15) is 0 Å². The fraction of sp³-hybridized carbons (Fsp3) is 0.0763. The van der Waals surface area contributed by atoms with Gasteiger partial charge >= 0.3 is 0 Å². The second-order valence-corrected chi connectivity index (χ2v) is 34.5. The molecule has 0 amide bonds. The van der Waals surface area contributed by atoms with Gasteiger partial charge in [0.2, 0.25) is 0 Å². The van der Waals surface area contributed by atoms with E-state index in [0.717, 1.165) is 33.4 Å². The van der Waals surface area contributed by atoms with Crippen molar-refractivity contribution >= 4 is 64.6 Å². The topological polar surface area (TPSA) is 64.5 Å². The van der Waals surface area contributed by atoms with Crippen molar-refractivity contribution in [2.45, 2.75) is 57.8 Å². The molecule has 0 N–H and O–H groups in total. The fourth-order valence-electron chi connectivity index (χ4n) is 20.7. The van der Waals surface area contributed by atoms with Crippen molar-refractivity contribution in [3.63, 3.8) is 0 Å². The molecule has 5 nitrogen and oxygen atoms in total. The lowest BCUT2D eigenvalue weighted by atomic mass is 9.80. The van der Waals surface area contributed by atoms with Crippen molar-refractivity contribution in [1.82, 2.24) is 24.9 Å². The zero-order chi connectivity index (χ0) is 82.7. The molecule has 5 heteroatoms. The molecule has 123 heavy (non-hydrogen) atoms. The van der Waals surface area contributed by atoms with Gasteiger partial charge < -0.3 is 0 Å². The highest BCUT2D eigenvalue weighted by molar-refractivity contribution is 6.25. The number of aromatic nitrogens is 5. The molecular formula is C118H85N5. The molecule has 3 heterocycles. The fourth-order valence-corrected chi connectivity index (χ4v) is 20.7. The van der Waals surface area contributed by atoms with E-state index in [1.807, 2.05) is 37.1 Å². The van der Waals surface area contributed by atoms with Crippen molar-refractivity contribution in [3.8, 4) is 134 Å². The number of fused-ring (bicyclic) bond motifs is 15. The summed E-state index contributed by atoms with van der Waals surface area (Å²) in [5, 5.41) is 14.6. The van der Waals surface area contributed by atoms with E-state index in [1.165, 1.54) is 199 Å². The van der Waals surface area contributed by atoms with Crippen molar-refractivity contribution in [3.05, 3.63) is 441 Å². The summed E-state index contributed by atoms with van der Waals surface area (Å²) in [6.07, 6.45) is 12.8. The van der Waals surface area contributed by atoms with Crippen LogP contribution in [0.15, 0.2) is 407 Å². The first-order valence-electron chi connectivity index (χ1n) is 42.6. The van der Waals surface area contributed by atoms with Crippen LogP contribution >= 0.6 is 0 Å². The minimum absolute atomic E-state index is 0.0558. The predicted molar refractivity (Wildman–Crippen MR) is 515 cm³/mol. The summed E-state index contributed by atoms with van der Waals surface area (Å²) in [4.78, 5) is 22.9. The van der Waals surface area contributed by atoms with Crippen LogP contribution in [0.5, 0.6) is 0 Å². The highest BCUT2D eigenvalue weighted by atomic mass is 14.9. The molecule has 0 saturated carbocycles. The van der Waals surface area contributed by atoms with Crippen LogP contribution < -0.4 is 0 Å². The predicted octanol–water partition coefficient (Wildman–Crippen LogP) is 30.9. The van der Waals surface area contributed by atoms with Crippen molar-refractivity contribution in [2.75, 3.05) is 0 Å². The SMILES string of the molecule is CC1(C)c2ccccc2-c2ccc(-c3c4ccccc4c(-c4ccncc4)c4ccc(-c5ccccc5)cc34)cc21.CC1(C)c2ccccc2-c2ccc(-c3c4ccccc4c(-c4cnccn4)c4ccc(-c5ccccc5)cc34)cc21.CC1(C)c2ccccc2-c2ccc(-c3c4ccccc4c(-c4ncccn4)c4ccc(-c5ccccc5)cc34)cc21. The van der Waals surface area contributed by atoms with Crippen LogP contribution in [0.1, 0.15) is 74.9 Å². The van der Waals surface area contributed by atoms with Gasteiger partial charge in [0.05, 0.1) is 11.9 Å². The first kappa shape index (κ1) is 74.1. The molecule has 0 unspecified atom stereocenters.